The average molecular weight is 196 g/mol. The Bertz CT molecular complexity index is 336. The van der Waals surface area contributed by atoms with E-state index in [4.69, 9.17) is 10.2 Å². The van der Waals surface area contributed by atoms with Crippen molar-refractivity contribution in [2.24, 2.45) is 0 Å². The number of rotatable bonds is 3. The molecule has 5 heteroatoms. The van der Waals surface area contributed by atoms with Gasteiger partial charge < -0.3 is 10.2 Å². The van der Waals surface area contributed by atoms with E-state index < -0.39 is 18.0 Å². The topological polar surface area (TPSA) is 83.3 Å². The van der Waals surface area contributed by atoms with Gasteiger partial charge in [-0.1, -0.05) is 0 Å². The molecular formula is C9H12N2O3. The first-order valence-corrected chi connectivity index (χ1v) is 4.14. The molecule has 76 valence electrons. The van der Waals surface area contributed by atoms with Crippen LogP contribution in [-0.2, 0) is 10.2 Å². The van der Waals surface area contributed by atoms with E-state index in [0.29, 0.717) is 0 Å². The van der Waals surface area contributed by atoms with E-state index in [1.165, 1.54) is 19.3 Å². The SMILES string of the molecule is Cc1cnc(C(C)(CO)C(=O)O)nc1. The monoisotopic (exact) mass is 196 g/mol. The molecule has 0 saturated carbocycles. The zero-order valence-corrected chi connectivity index (χ0v) is 8.06. The van der Waals surface area contributed by atoms with Crippen molar-refractivity contribution in [1.29, 1.82) is 0 Å². The third kappa shape index (κ3) is 1.72. The van der Waals surface area contributed by atoms with Crippen molar-refractivity contribution in [3.05, 3.63) is 23.8 Å². The van der Waals surface area contributed by atoms with E-state index in [-0.39, 0.29) is 5.82 Å². The number of aryl methyl sites for hydroxylation is 1. The normalized spacial score (nSPS) is 14.8. The Morgan fingerprint density at radius 3 is 2.36 bits per heavy atom. The molecule has 14 heavy (non-hydrogen) atoms. The van der Waals surface area contributed by atoms with E-state index in [2.05, 4.69) is 9.97 Å². The summed E-state index contributed by atoms with van der Waals surface area (Å²) >= 11 is 0. The Balaban J connectivity index is 3.13. The van der Waals surface area contributed by atoms with Gasteiger partial charge in [-0.25, -0.2) is 9.97 Å². The Morgan fingerprint density at radius 1 is 1.50 bits per heavy atom. The van der Waals surface area contributed by atoms with Gasteiger partial charge in [0.1, 0.15) is 11.2 Å². The van der Waals surface area contributed by atoms with Crippen LogP contribution < -0.4 is 0 Å². The molecule has 1 aromatic heterocycles. The van der Waals surface area contributed by atoms with Gasteiger partial charge in [0.05, 0.1) is 6.61 Å². The molecule has 0 aromatic carbocycles. The van der Waals surface area contributed by atoms with Gasteiger partial charge in [-0.2, -0.15) is 0 Å². The maximum absolute atomic E-state index is 10.9. The van der Waals surface area contributed by atoms with Crippen molar-refractivity contribution in [3.63, 3.8) is 0 Å². The Morgan fingerprint density at radius 2 is 2.00 bits per heavy atom. The van der Waals surface area contributed by atoms with Crippen molar-refractivity contribution in [2.45, 2.75) is 19.3 Å². The summed E-state index contributed by atoms with van der Waals surface area (Å²) in [6.07, 6.45) is 3.05. The molecule has 1 aromatic rings. The van der Waals surface area contributed by atoms with E-state index in [0.717, 1.165) is 5.56 Å². The highest BCUT2D eigenvalue weighted by atomic mass is 16.4. The van der Waals surface area contributed by atoms with Crippen LogP contribution in [0.15, 0.2) is 12.4 Å². The van der Waals surface area contributed by atoms with E-state index in [1.807, 2.05) is 0 Å². The fraction of sp³-hybridized carbons (Fsp3) is 0.444. The molecule has 0 fully saturated rings. The summed E-state index contributed by atoms with van der Waals surface area (Å²) in [4.78, 5) is 18.7. The third-order valence-corrected chi connectivity index (χ3v) is 2.06. The van der Waals surface area contributed by atoms with Gasteiger partial charge >= 0.3 is 5.97 Å². The molecule has 0 spiro atoms. The number of hydrogen-bond acceptors (Lipinski definition) is 4. The van der Waals surface area contributed by atoms with Crippen LogP contribution in [-0.4, -0.2) is 32.8 Å². The second-order valence-corrected chi connectivity index (χ2v) is 3.38. The second kappa shape index (κ2) is 3.71. The van der Waals surface area contributed by atoms with Crippen LogP contribution in [0, 0.1) is 6.92 Å². The lowest BCUT2D eigenvalue weighted by atomic mass is 9.91. The molecule has 0 radical (unpaired) electrons. The molecule has 0 bridgehead atoms. The van der Waals surface area contributed by atoms with Crippen molar-refractivity contribution >= 4 is 5.97 Å². The molecule has 0 aliphatic rings. The largest absolute Gasteiger partial charge is 0.480 e. The molecule has 0 amide bonds. The number of aliphatic hydroxyl groups is 1. The van der Waals surface area contributed by atoms with Gasteiger partial charge in [0.15, 0.2) is 0 Å². The molecule has 5 nitrogen and oxygen atoms in total. The van der Waals surface area contributed by atoms with Crippen LogP contribution in [0.1, 0.15) is 18.3 Å². The minimum atomic E-state index is -1.42. The number of nitrogens with zero attached hydrogens (tertiary/aromatic N) is 2. The first kappa shape index (κ1) is 10.6. The lowest BCUT2D eigenvalue weighted by Crippen LogP contribution is -2.38. The molecule has 0 aliphatic carbocycles. The first-order valence-electron chi connectivity index (χ1n) is 4.14. The molecular weight excluding hydrogens is 184 g/mol. The standard InChI is InChI=1S/C9H12N2O3/c1-6-3-10-7(11-4-6)9(2,5-12)8(13)14/h3-4,12H,5H2,1-2H3,(H,13,14). The van der Waals surface area contributed by atoms with Gasteiger partial charge in [-0.15, -0.1) is 0 Å². The molecule has 2 N–H and O–H groups in total. The summed E-state index contributed by atoms with van der Waals surface area (Å²) < 4.78 is 0. The van der Waals surface area contributed by atoms with Gasteiger partial charge in [0.25, 0.3) is 0 Å². The summed E-state index contributed by atoms with van der Waals surface area (Å²) in [7, 11) is 0. The number of hydrogen-bond donors (Lipinski definition) is 2. The summed E-state index contributed by atoms with van der Waals surface area (Å²) in [6.45, 7) is 2.67. The predicted molar refractivity (Wildman–Crippen MR) is 48.8 cm³/mol. The van der Waals surface area contributed by atoms with Crippen LogP contribution in [0.5, 0.6) is 0 Å². The molecule has 1 rings (SSSR count). The van der Waals surface area contributed by atoms with Crippen LogP contribution in [0.2, 0.25) is 0 Å². The molecule has 1 heterocycles. The van der Waals surface area contributed by atoms with E-state index >= 15 is 0 Å². The maximum atomic E-state index is 10.9. The van der Waals surface area contributed by atoms with Gasteiger partial charge in [0.2, 0.25) is 0 Å². The smallest absolute Gasteiger partial charge is 0.319 e. The molecule has 0 saturated heterocycles. The number of aromatic nitrogens is 2. The summed E-state index contributed by atoms with van der Waals surface area (Å²) in [6, 6.07) is 0. The van der Waals surface area contributed by atoms with Crippen molar-refractivity contribution in [3.8, 4) is 0 Å². The number of aliphatic hydroxyl groups excluding tert-OH is 1. The lowest BCUT2D eigenvalue weighted by molar-refractivity contribution is -0.145. The minimum Gasteiger partial charge on any atom is -0.480 e. The van der Waals surface area contributed by atoms with Crippen molar-refractivity contribution in [2.75, 3.05) is 6.61 Å². The molecule has 1 unspecified atom stereocenters. The van der Waals surface area contributed by atoms with Crippen LogP contribution >= 0.6 is 0 Å². The highest BCUT2D eigenvalue weighted by Gasteiger charge is 2.37. The third-order valence-electron chi connectivity index (χ3n) is 2.06. The fourth-order valence-corrected chi connectivity index (χ4v) is 0.912. The average Bonchev–Trinajstić information content (AvgIpc) is 2.17. The zero-order chi connectivity index (χ0) is 10.8. The van der Waals surface area contributed by atoms with Gasteiger partial charge in [-0.3, -0.25) is 4.79 Å². The van der Waals surface area contributed by atoms with Crippen LogP contribution in [0.4, 0.5) is 0 Å². The maximum Gasteiger partial charge on any atom is 0.319 e. The summed E-state index contributed by atoms with van der Waals surface area (Å²) in [5.41, 5.74) is -0.576. The Kier molecular flexibility index (Phi) is 2.81. The van der Waals surface area contributed by atoms with Gasteiger partial charge in [-0.05, 0) is 19.4 Å². The summed E-state index contributed by atoms with van der Waals surface area (Å²) in [5.74, 6) is -1.01. The highest BCUT2D eigenvalue weighted by Crippen LogP contribution is 2.19. The lowest BCUT2D eigenvalue weighted by Gasteiger charge is -2.19. The number of carboxylic acids is 1. The first-order chi connectivity index (χ1) is 6.50. The zero-order valence-electron chi connectivity index (χ0n) is 8.06. The summed E-state index contributed by atoms with van der Waals surface area (Å²) in [5, 5.41) is 17.9. The number of aliphatic carboxylic acids is 1. The second-order valence-electron chi connectivity index (χ2n) is 3.38. The molecule has 1 atom stereocenters. The van der Waals surface area contributed by atoms with E-state index in [1.54, 1.807) is 6.92 Å². The van der Waals surface area contributed by atoms with Crippen molar-refractivity contribution < 1.29 is 15.0 Å². The Hall–Kier alpha value is -1.49. The van der Waals surface area contributed by atoms with Crippen molar-refractivity contribution in [1.82, 2.24) is 9.97 Å². The van der Waals surface area contributed by atoms with Crippen LogP contribution in [0.25, 0.3) is 0 Å². The fourth-order valence-electron chi connectivity index (χ4n) is 0.912. The minimum absolute atomic E-state index is 0.123. The van der Waals surface area contributed by atoms with Gasteiger partial charge in [0, 0.05) is 12.4 Å². The van der Waals surface area contributed by atoms with Crippen LogP contribution in [0.3, 0.4) is 0 Å². The molecule has 0 aliphatic heterocycles. The predicted octanol–water partition coefficient (Wildman–Crippen LogP) is 0.120. The van der Waals surface area contributed by atoms with E-state index in [9.17, 15) is 4.79 Å². The number of carbonyl (C=O) groups is 1. The number of carboxylic acid groups (broad SMARTS) is 1. The Labute approximate surface area is 81.4 Å². The quantitative estimate of drug-likeness (QED) is 0.717. The highest BCUT2D eigenvalue weighted by molar-refractivity contribution is 5.79.